The summed E-state index contributed by atoms with van der Waals surface area (Å²) in [5.74, 6) is -0.194. The molecule has 2 aromatic carbocycles. The molecule has 0 amide bonds. The third-order valence-corrected chi connectivity index (χ3v) is 4.63. The largest absolute Gasteiger partial charge is 0.398 e. The molecule has 0 heterocycles. The van der Waals surface area contributed by atoms with Crippen molar-refractivity contribution in [3.63, 3.8) is 0 Å². The summed E-state index contributed by atoms with van der Waals surface area (Å²) in [5, 5.41) is 13.9. The van der Waals surface area contributed by atoms with Crippen molar-refractivity contribution in [3.8, 4) is 0 Å². The van der Waals surface area contributed by atoms with Gasteiger partial charge in [0.2, 0.25) is 0 Å². The highest BCUT2D eigenvalue weighted by atomic mass is 32.2. The van der Waals surface area contributed by atoms with Crippen molar-refractivity contribution in [3.05, 3.63) is 58.1 Å². The Hall–Kier alpha value is -2.94. The molecular formula is C16H17N3O5S. The van der Waals surface area contributed by atoms with E-state index in [-0.39, 0.29) is 35.0 Å². The second-order valence-electron chi connectivity index (χ2n) is 5.40. The van der Waals surface area contributed by atoms with Crippen molar-refractivity contribution in [2.75, 3.05) is 23.9 Å². The molecule has 0 aromatic heterocycles. The zero-order chi connectivity index (χ0) is 18.6. The van der Waals surface area contributed by atoms with Crippen molar-refractivity contribution >= 4 is 32.7 Å². The predicted octanol–water partition coefficient (Wildman–Crippen LogP) is 2.27. The number of ketones is 1. The van der Waals surface area contributed by atoms with Crippen LogP contribution in [0.15, 0.2) is 47.4 Å². The van der Waals surface area contributed by atoms with E-state index in [1.165, 1.54) is 12.1 Å². The fraction of sp³-hybridized carbons (Fsp3) is 0.188. The molecule has 25 heavy (non-hydrogen) atoms. The van der Waals surface area contributed by atoms with Gasteiger partial charge in [0.15, 0.2) is 15.6 Å². The van der Waals surface area contributed by atoms with E-state index in [1.807, 2.05) is 0 Å². The summed E-state index contributed by atoms with van der Waals surface area (Å²) in [7, 11) is -3.55. The van der Waals surface area contributed by atoms with Crippen LogP contribution in [-0.4, -0.2) is 31.9 Å². The normalized spacial score (nSPS) is 11.1. The first-order valence-corrected chi connectivity index (χ1v) is 9.19. The summed E-state index contributed by atoms with van der Waals surface area (Å²) in [6.07, 6.45) is 1.06. The average molecular weight is 363 g/mol. The fourth-order valence-electron chi connectivity index (χ4n) is 2.24. The number of rotatable bonds is 7. The van der Waals surface area contributed by atoms with Gasteiger partial charge in [-0.2, -0.15) is 0 Å². The Balaban J connectivity index is 2.12. The molecule has 0 radical (unpaired) electrons. The highest BCUT2D eigenvalue weighted by Crippen LogP contribution is 2.27. The Bertz CT molecular complexity index is 925. The Labute approximate surface area is 144 Å². The maximum atomic E-state index is 12.1. The van der Waals surface area contributed by atoms with Crippen LogP contribution in [0.5, 0.6) is 0 Å². The number of nitro benzene ring substituents is 1. The van der Waals surface area contributed by atoms with E-state index in [2.05, 4.69) is 5.32 Å². The predicted molar refractivity (Wildman–Crippen MR) is 94.5 cm³/mol. The third kappa shape index (κ3) is 4.54. The molecule has 0 atom stereocenters. The van der Waals surface area contributed by atoms with E-state index in [0.29, 0.717) is 11.3 Å². The third-order valence-electron chi connectivity index (χ3n) is 3.52. The van der Waals surface area contributed by atoms with Gasteiger partial charge in [-0.1, -0.05) is 12.1 Å². The number of nitrogen functional groups attached to an aromatic ring is 1. The number of nitrogens with two attached hydrogens (primary N) is 1. The zero-order valence-electron chi connectivity index (χ0n) is 13.4. The average Bonchev–Trinajstić information content (AvgIpc) is 2.54. The van der Waals surface area contributed by atoms with Gasteiger partial charge in [-0.3, -0.25) is 14.9 Å². The monoisotopic (exact) mass is 363 g/mol. The number of benzene rings is 2. The van der Waals surface area contributed by atoms with Gasteiger partial charge in [-0.25, -0.2) is 8.42 Å². The minimum Gasteiger partial charge on any atom is -0.398 e. The Kier molecular flexibility index (Phi) is 5.38. The van der Waals surface area contributed by atoms with E-state index >= 15 is 0 Å². The molecule has 2 rings (SSSR count). The molecule has 0 fully saturated rings. The van der Waals surface area contributed by atoms with Crippen LogP contribution in [0.25, 0.3) is 0 Å². The number of carbonyl (C=O) groups excluding carboxylic acids is 1. The Morgan fingerprint density at radius 3 is 2.52 bits per heavy atom. The summed E-state index contributed by atoms with van der Waals surface area (Å²) < 4.78 is 23.0. The number of anilines is 2. The molecule has 9 heteroatoms. The lowest BCUT2D eigenvalue weighted by atomic mass is 10.1. The molecule has 132 valence electrons. The summed E-state index contributed by atoms with van der Waals surface area (Å²) >= 11 is 0. The van der Waals surface area contributed by atoms with Gasteiger partial charge in [-0.15, -0.1) is 0 Å². The number of sulfone groups is 1. The van der Waals surface area contributed by atoms with Gasteiger partial charge in [0.1, 0.15) is 5.69 Å². The first-order valence-electron chi connectivity index (χ1n) is 7.30. The van der Waals surface area contributed by atoms with Crippen molar-refractivity contribution in [2.45, 2.75) is 11.3 Å². The number of nitrogens with one attached hydrogen (secondary N) is 1. The van der Waals surface area contributed by atoms with Crippen molar-refractivity contribution in [2.24, 2.45) is 0 Å². The van der Waals surface area contributed by atoms with E-state index in [9.17, 15) is 23.3 Å². The smallest absolute Gasteiger partial charge is 0.293 e. The molecule has 0 aliphatic heterocycles. The topological polar surface area (TPSA) is 132 Å². The van der Waals surface area contributed by atoms with E-state index < -0.39 is 14.8 Å². The number of carbonyl (C=O) groups is 1. The molecule has 0 unspecified atom stereocenters. The molecule has 8 nitrogen and oxygen atoms in total. The van der Waals surface area contributed by atoms with Gasteiger partial charge in [0.25, 0.3) is 5.69 Å². The second kappa shape index (κ2) is 7.31. The van der Waals surface area contributed by atoms with Crippen molar-refractivity contribution in [1.82, 2.24) is 0 Å². The van der Waals surface area contributed by atoms with Crippen LogP contribution in [0.2, 0.25) is 0 Å². The molecule has 0 aliphatic carbocycles. The van der Waals surface area contributed by atoms with Crippen LogP contribution < -0.4 is 11.1 Å². The summed E-state index contributed by atoms with van der Waals surface area (Å²) in [4.78, 5) is 22.5. The Morgan fingerprint density at radius 2 is 1.92 bits per heavy atom. The van der Waals surface area contributed by atoms with Crippen LogP contribution in [0.3, 0.4) is 0 Å². The molecule has 0 bridgehead atoms. The van der Waals surface area contributed by atoms with Crippen LogP contribution in [0.1, 0.15) is 16.8 Å². The Morgan fingerprint density at radius 1 is 1.24 bits per heavy atom. The van der Waals surface area contributed by atoms with Crippen LogP contribution in [0.4, 0.5) is 17.1 Å². The van der Waals surface area contributed by atoms with E-state index in [1.54, 1.807) is 24.3 Å². The molecule has 2 aromatic rings. The van der Waals surface area contributed by atoms with Gasteiger partial charge >= 0.3 is 0 Å². The van der Waals surface area contributed by atoms with Crippen LogP contribution in [-0.2, 0) is 9.84 Å². The van der Waals surface area contributed by atoms with E-state index in [0.717, 1.165) is 12.3 Å². The number of nitrogens with zero attached hydrogens (tertiary/aromatic N) is 1. The first-order chi connectivity index (χ1) is 11.7. The summed E-state index contributed by atoms with van der Waals surface area (Å²) in [6, 6.07) is 10.2. The number of hydrogen-bond donors (Lipinski definition) is 2. The number of nitro groups is 1. The highest BCUT2D eigenvalue weighted by molar-refractivity contribution is 7.90. The lowest BCUT2D eigenvalue weighted by Gasteiger charge is -2.09. The minimum absolute atomic E-state index is 0.0825. The minimum atomic E-state index is -3.55. The lowest BCUT2D eigenvalue weighted by Crippen LogP contribution is -2.11. The lowest BCUT2D eigenvalue weighted by molar-refractivity contribution is -0.384. The zero-order valence-corrected chi connectivity index (χ0v) is 14.2. The van der Waals surface area contributed by atoms with Crippen molar-refractivity contribution in [1.29, 1.82) is 0 Å². The van der Waals surface area contributed by atoms with Gasteiger partial charge in [0.05, 0.1) is 9.82 Å². The highest BCUT2D eigenvalue weighted by Gasteiger charge is 2.19. The van der Waals surface area contributed by atoms with Crippen LogP contribution in [0, 0.1) is 10.1 Å². The molecule has 3 N–H and O–H groups in total. The van der Waals surface area contributed by atoms with Gasteiger partial charge in [0, 0.05) is 36.5 Å². The number of hydrogen-bond acceptors (Lipinski definition) is 7. The van der Waals surface area contributed by atoms with Gasteiger partial charge < -0.3 is 11.1 Å². The SMILES string of the molecule is CS(=O)(=O)c1ccc(NCCC(=O)c2ccccc2N)c([N+](=O)[O-])c1. The second-order valence-corrected chi connectivity index (χ2v) is 7.41. The molecule has 0 saturated carbocycles. The first kappa shape index (κ1) is 18.4. The molecule has 0 aliphatic rings. The molecule has 0 saturated heterocycles. The summed E-state index contributed by atoms with van der Waals surface area (Å²) in [5.41, 5.74) is 6.28. The number of Topliss-reactive ketones (excluding diaryl/α,β-unsaturated/α-hetero) is 1. The fourth-order valence-corrected chi connectivity index (χ4v) is 2.88. The van der Waals surface area contributed by atoms with Gasteiger partial charge in [-0.05, 0) is 24.3 Å². The maximum absolute atomic E-state index is 12.1. The summed E-state index contributed by atoms with van der Waals surface area (Å²) in [6.45, 7) is 0.145. The quantitative estimate of drug-likeness (QED) is 0.334. The van der Waals surface area contributed by atoms with Crippen LogP contribution >= 0.6 is 0 Å². The number of para-hydroxylation sites is 1. The van der Waals surface area contributed by atoms with Crippen molar-refractivity contribution < 1.29 is 18.1 Å². The maximum Gasteiger partial charge on any atom is 0.293 e. The molecule has 0 spiro atoms. The molecular weight excluding hydrogens is 346 g/mol. The van der Waals surface area contributed by atoms with E-state index in [4.69, 9.17) is 5.73 Å². The standard InChI is InChI=1S/C16H17N3O5S/c1-25(23,24)11-6-7-14(15(10-11)19(21)22)18-9-8-16(20)12-4-2-3-5-13(12)17/h2-7,10,18H,8-9,17H2,1H3.